The second-order valence-corrected chi connectivity index (χ2v) is 11.5. The molecule has 0 saturated carbocycles. The summed E-state index contributed by atoms with van der Waals surface area (Å²) in [6.45, 7) is 6.70. The molecule has 2 amide bonds. The molecule has 10 heteroatoms. The highest BCUT2D eigenvalue weighted by Crippen LogP contribution is 2.25. The molecule has 8 nitrogen and oxygen atoms in total. The summed E-state index contributed by atoms with van der Waals surface area (Å²) in [6.07, 6.45) is 0.706. The van der Waals surface area contributed by atoms with Crippen LogP contribution in [-0.4, -0.2) is 50.9 Å². The zero-order valence-corrected chi connectivity index (χ0v) is 24.2. The molecule has 2 atom stereocenters. The van der Waals surface area contributed by atoms with Crippen LogP contribution in [0.2, 0.25) is 0 Å². The van der Waals surface area contributed by atoms with Crippen LogP contribution in [0, 0.1) is 12.7 Å². The Hall–Kier alpha value is -3.92. The zero-order chi connectivity index (χ0) is 29.4. The van der Waals surface area contributed by atoms with Crippen molar-refractivity contribution in [2.75, 3.05) is 18.0 Å². The highest BCUT2D eigenvalue weighted by Gasteiger charge is 2.32. The van der Waals surface area contributed by atoms with Crippen molar-refractivity contribution in [3.8, 4) is 5.75 Å². The van der Waals surface area contributed by atoms with E-state index in [1.807, 2.05) is 20.8 Å². The first kappa shape index (κ1) is 30.6. The molecule has 0 unspecified atom stereocenters. The second-order valence-electron chi connectivity index (χ2n) is 9.66. The van der Waals surface area contributed by atoms with Gasteiger partial charge in [0, 0.05) is 12.6 Å². The number of ether oxygens (including phenoxy) is 1. The van der Waals surface area contributed by atoms with Crippen molar-refractivity contribution in [1.82, 2.24) is 10.2 Å². The van der Waals surface area contributed by atoms with Crippen molar-refractivity contribution in [2.45, 2.75) is 57.6 Å². The lowest BCUT2D eigenvalue weighted by Crippen LogP contribution is -2.52. The Morgan fingerprint density at radius 1 is 0.950 bits per heavy atom. The van der Waals surface area contributed by atoms with Crippen LogP contribution in [-0.2, 0) is 26.2 Å². The quantitative estimate of drug-likeness (QED) is 0.342. The summed E-state index contributed by atoms with van der Waals surface area (Å²) in [5, 5.41) is 2.89. The molecule has 0 heterocycles. The number of amides is 2. The normalized spacial score (nSPS) is 12.8. The van der Waals surface area contributed by atoms with Gasteiger partial charge < -0.3 is 15.0 Å². The average molecular weight is 570 g/mol. The Kier molecular flexibility index (Phi) is 10.3. The molecule has 0 aliphatic heterocycles. The molecule has 40 heavy (non-hydrogen) atoms. The van der Waals surface area contributed by atoms with E-state index < -0.39 is 34.3 Å². The fourth-order valence-corrected chi connectivity index (χ4v) is 5.36. The Morgan fingerprint density at radius 2 is 1.55 bits per heavy atom. The molecule has 0 fully saturated rings. The number of hydrogen-bond donors (Lipinski definition) is 1. The van der Waals surface area contributed by atoms with E-state index in [1.54, 1.807) is 50.4 Å². The van der Waals surface area contributed by atoms with Gasteiger partial charge in [-0.3, -0.25) is 13.9 Å². The SMILES string of the molecule is CC[C@@H](C)NC(=O)[C@@H](C)N(Cc1ccc(OC)cc1)C(=O)CN(c1ccc(F)cc1)S(=O)(=O)c1ccc(C)cc1. The van der Waals surface area contributed by atoms with Crippen LogP contribution in [0.3, 0.4) is 0 Å². The monoisotopic (exact) mass is 569 g/mol. The van der Waals surface area contributed by atoms with Crippen LogP contribution in [0.15, 0.2) is 77.7 Å². The smallest absolute Gasteiger partial charge is 0.264 e. The summed E-state index contributed by atoms with van der Waals surface area (Å²) in [6, 6.07) is 17.2. The van der Waals surface area contributed by atoms with Gasteiger partial charge >= 0.3 is 0 Å². The van der Waals surface area contributed by atoms with Crippen molar-refractivity contribution >= 4 is 27.5 Å². The Labute approximate surface area is 235 Å². The number of aryl methyl sites for hydroxylation is 1. The van der Waals surface area contributed by atoms with E-state index in [0.717, 1.165) is 27.6 Å². The van der Waals surface area contributed by atoms with Crippen molar-refractivity contribution in [1.29, 1.82) is 0 Å². The number of nitrogens with one attached hydrogen (secondary N) is 1. The van der Waals surface area contributed by atoms with Gasteiger partial charge in [0.1, 0.15) is 24.2 Å². The number of carbonyl (C=O) groups excluding carboxylic acids is 2. The molecule has 0 bridgehead atoms. The second kappa shape index (κ2) is 13.4. The molecule has 1 N–H and O–H groups in total. The first-order valence-corrected chi connectivity index (χ1v) is 14.5. The van der Waals surface area contributed by atoms with Gasteiger partial charge in [0.15, 0.2) is 0 Å². The summed E-state index contributed by atoms with van der Waals surface area (Å²) in [5.74, 6) is -0.858. The van der Waals surface area contributed by atoms with Crippen LogP contribution in [0.25, 0.3) is 0 Å². The fraction of sp³-hybridized carbons (Fsp3) is 0.333. The van der Waals surface area contributed by atoms with E-state index in [1.165, 1.54) is 29.2 Å². The lowest BCUT2D eigenvalue weighted by Gasteiger charge is -2.32. The molecule has 0 aromatic heterocycles. The van der Waals surface area contributed by atoms with E-state index in [9.17, 15) is 22.4 Å². The van der Waals surface area contributed by atoms with Crippen LogP contribution >= 0.6 is 0 Å². The van der Waals surface area contributed by atoms with Gasteiger partial charge in [0.25, 0.3) is 10.0 Å². The van der Waals surface area contributed by atoms with E-state index in [-0.39, 0.29) is 29.1 Å². The van der Waals surface area contributed by atoms with Crippen molar-refractivity contribution in [2.24, 2.45) is 0 Å². The maximum Gasteiger partial charge on any atom is 0.264 e. The number of nitrogens with zero attached hydrogens (tertiary/aromatic N) is 2. The van der Waals surface area contributed by atoms with Crippen molar-refractivity contribution in [3.05, 3.63) is 89.7 Å². The van der Waals surface area contributed by atoms with Gasteiger partial charge in [-0.05, 0) is 81.3 Å². The molecule has 0 radical (unpaired) electrons. The van der Waals surface area contributed by atoms with E-state index in [2.05, 4.69) is 5.32 Å². The number of halogens is 1. The van der Waals surface area contributed by atoms with Crippen molar-refractivity contribution in [3.63, 3.8) is 0 Å². The number of benzene rings is 3. The fourth-order valence-electron chi connectivity index (χ4n) is 3.95. The Bertz CT molecular complexity index is 1390. The molecule has 0 aliphatic carbocycles. The van der Waals surface area contributed by atoms with Crippen LogP contribution in [0.1, 0.15) is 38.3 Å². The maximum atomic E-state index is 13.9. The third kappa shape index (κ3) is 7.59. The first-order chi connectivity index (χ1) is 19.0. The third-order valence-corrected chi connectivity index (χ3v) is 8.47. The number of carbonyl (C=O) groups is 2. The predicted molar refractivity (Wildman–Crippen MR) is 153 cm³/mol. The van der Waals surface area contributed by atoms with Gasteiger partial charge in [-0.2, -0.15) is 0 Å². The Morgan fingerprint density at radius 3 is 2.10 bits per heavy atom. The van der Waals surface area contributed by atoms with Gasteiger partial charge in [-0.15, -0.1) is 0 Å². The highest BCUT2D eigenvalue weighted by atomic mass is 32.2. The molecule has 0 aliphatic rings. The lowest BCUT2D eigenvalue weighted by atomic mass is 10.1. The summed E-state index contributed by atoms with van der Waals surface area (Å²) in [5.41, 5.74) is 1.72. The number of rotatable bonds is 12. The minimum Gasteiger partial charge on any atom is -0.497 e. The van der Waals surface area contributed by atoms with Gasteiger partial charge in [0.05, 0.1) is 17.7 Å². The standard InChI is InChI=1S/C30H36FN3O5S/c1-6-22(3)32-30(36)23(4)33(19-24-9-15-27(39-5)16-10-24)29(35)20-34(26-13-11-25(31)12-14-26)40(37,38)28-17-7-21(2)8-18-28/h7-18,22-23H,6,19-20H2,1-5H3,(H,32,36)/t22-,23-/m1/s1. The lowest BCUT2D eigenvalue weighted by molar-refractivity contribution is -0.139. The largest absolute Gasteiger partial charge is 0.497 e. The summed E-state index contributed by atoms with van der Waals surface area (Å²) in [4.78, 5) is 28.3. The number of methoxy groups -OCH3 is 1. The molecule has 0 saturated heterocycles. The molecular weight excluding hydrogens is 533 g/mol. The molecule has 3 aromatic carbocycles. The van der Waals surface area contributed by atoms with Gasteiger partial charge in [0.2, 0.25) is 11.8 Å². The number of anilines is 1. The molecule has 214 valence electrons. The Balaban J connectivity index is 2.01. The first-order valence-electron chi connectivity index (χ1n) is 13.0. The van der Waals surface area contributed by atoms with Crippen LogP contribution in [0.5, 0.6) is 5.75 Å². The number of sulfonamides is 1. The molecule has 0 spiro atoms. The summed E-state index contributed by atoms with van der Waals surface area (Å²) < 4.78 is 47.4. The van der Waals surface area contributed by atoms with E-state index >= 15 is 0 Å². The third-order valence-electron chi connectivity index (χ3n) is 6.68. The number of hydrogen-bond acceptors (Lipinski definition) is 5. The molecule has 3 rings (SSSR count). The minimum absolute atomic E-state index is 0.0144. The molecular formula is C30H36FN3O5S. The molecule has 3 aromatic rings. The predicted octanol–water partition coefficient (Wildman–Crippen LogP) is 4.67. The van der Waals surface area contributed by atoms with E-state index in [4.69, 9.17) is 4.74 Å². The average Bonchev–Trinajstić information content (AvgIpc) is 2.95. The summed E-state index contributed by atoms with van der Waals surface area (Å²) >= 11 is 0. The minimum atomic E-state index is -4.22. The summed E-state index contributed by atoms with van der Waals surface area (Å²) in [7, 11) is -2.67. The van der Waals surface area contributed by atoms with Crippen LogP contribution < -0.4 is 14.4 Å². The van der Waals surface area contributed by atoms with Gasteiger partial charge in [-0.1, -0.05) is 36.8 Å². The van der Waals surface area contributed by atoms with Crippen molar-refractivity contribution < 1.29 is 27.1 Å². The zero-order valence-electron chi connectivity index (χ0n) is 23.4. The van der Waals surface area contributed by atoms with E-state index in [0.29, 0.717) is 12.2 Å². The van der Waals surface area contributed by atoms with Gasteiger partial charge in [-0.25, -0.2) is 12.8 Å². The van der Waals surface area contributed by atoms with Crippen LogP contribution in [0.4, 0.5) is 10.1 Å². The topological polar surface area (TPSA) is 96.0 Å². The highest BCUT2D eigenvalue weighted by molar-refractivity contribution is 7.92. The maximum absolute atomic E-state index is 13.9.